The Kier molecular flexibility index (Phi) is 4.62. The molecule has 1 atom stereocenters. The van der Waals surface area contributed by atoms with Gasteiger partial charge in [0.1, 0.15) is 11.5 Å². The fraction of sp³-hybridized carbons (Fsp3) is 0.647. The molecule has 1 saturated heterocycles. The third-order valence-electron chi connectivity index (χ3n) is 4.73. The van der Waals surface area contributed by atoms with E-state index >= 15 is 0 Å². The molecule has 0 amide bonds. The molecule has 0 spiro atoms. The van der Waals surface area contributed by atoms with E-state index in [0.717, 1.165) is 37.5 Å². The molecule has 22 heavy (non-hydrogen) atoms. The van der Waals surface area contributed by atoms with Gasteiger partial charge in [-0.15, -0.1) is 0 Å². The summed E-state index contributed by atoms with van der Waals surface area (Å²) in [7, 11) is 0. The molecular weight excluding hydrogens is 276 g/mol. The van der Waals surface area contributed by atoms with Crippen LogP contribution in [0.25, 0.3) is 0 Å². The molecule has 0 aliphatic carbocycles. The highest BCUT2D eigenvalue weighted by atomic mass is 16.5. The Morgan fingerprint density at radius 1 is 1.27 bits per heavy atom. The predicted octanol–water partition coefficient (Wildman–Crippen LogP) is 3.63. The van der Waals surface area contributed by atoms with E-state index in [4.69, 9.17) is 4.52 Å². The Balaban J connectivity index is 1.82. The van der Waals surface area contributed by atoms with E-state index in [0.29, 0.717) is 6.04 Å². The minimum atomic E-state index is 0.365. The van der Waals surface area contributed by atoms with Crippen LogP contribution in [0.1, 0.15) is 61.4 Å². The van der Waals surface area contributed by atoms with Gasteiger partial charge >= 0.3 is 0 Å². The monoisotopic (exact) mass is 302 g/mol. The molecule has 120 valence electrons. The van der Waals surface area contributed by atoms with Crippen LogP contribution in [-0.2, 0) is 13.1 Å². The fourth-order valence-corrected chi connectivity index (χ4v) is 3.41. The van der Waals surface area contributed by atoms with E-state index in [1.807, 2.05) is 13.1 Å². The minimum absolute atomic E-state index is 0.365. The molecule has 2 aromatic heterocycles. The van der Waals surface area contributed by atoms with E-state index in [1.54, 1.807) is 0 Å². The fourth-order valence-electron chi connectivity index (χ4n) is 3.41. The van der Waals surface area contributed by atoms with Crippen LogP contribution in [0.5, 0.6) is 0 Å². The molecule has 0 unspecified atom stereocenters. The lowest BCUT2D eigenvalue weighted by Crippen LogP contribution is -2.28. The number of aromatic nitrogens is 3. The molecule has 5 nitrogen and oxygen atoms in total. The van der Waals surface area contributed by atoms with Crippen LogP contribution in [0.15, 0.2) is 16.8 Å². The maximum atomic E-state index is 5.31. The number of likely N-dealkylation sites (tertiary alicyclic amines) is 1. The van der Waals surface area contributed by atoms with Gasteiger partial charge in [0.25, 0.3) is 0 Å². The van der Waals surface area contributed by atoms with Crippen LogP contribution in [0.3, 0.4) is 0 Å². The van der Waals surface area contributed by atoms with Crippen LogP contribution in [-0.4, -0.2) is 26.4 Å². The summed E-state index contributed by atoms with van der Waals surface area (Å²) in [5.74, 6) is 0.897. The SMILES string of the molecule is CCn1ncc(CN2CCCCC[C@@H]2c2cc(C)on2)c1C. The van der Waals surface area contributed by atoms with Crippen molar-refractivity contribution < 1.29 is 4.52 Å². The molecule has 0 radical (unpaired) electrons. The van der Waals surface area contributed by atoms with Gasteiger partial charge in [0, 0.05) is 30.4 Å². The maximum absolute atomic E-state index is 5.31. The molecular formula is C17H26N4O. The van der Waals surface area contributed by atoms with Crippen LogP contribution < -0.4 is 0 Å². The summed E-state index contributed by atoms with van der Waals surface area (Å²) in [6.07, 6.45) is 7.01. The number of nitrogens with zero attached hydrogens (tertiary/aromatic N) is 4. The van der Waals surface area contributed by atoms with Crippen molar-refractivity contribution in [3.05, 3.63) is 35.0 Å². The summed E-state index contributed by atoms with van der Waals surface area (Å²) in [5.41, 5.74) is 3.69. The quantitative estimate of drug-likeness (QED) is 0.865. The normalized spacial score (nSPS) is 20.2. The lowest BCUT2D eigenvalue weighted by atomic mass is 10.1. The number of hydrogen-bond donors (Lipinski definition) is 0. The lowest BCUT2D eigenvalue weighted by molar-refractivity contribution is 0.183. The van der Waals surface area contributed by atoms with Crippen LogP contribution in [0.2, 0.25) is 0 Å². The number of rotatable bonds is 4. The Morgan fingerprint density at radius 2 is 2.14 bits per heavy atom. The molecule has 2 aromatic rings. The predicted molar refractivity (Wildman–Crippen MR) is 85.5 cm³/mol. The van der Waals surface area contributed by atoms with E-state index in [1.165, 1.54) is 30.5 Å². The Bertz CT molecular complexity index is 616. The van der Waals surface area contributed by atoms with E-state index < -0.39 is 0 Å². The second kappa shape index (κ2) is 6.65. The van der Waals surface area contributed by atoms with Crippen LogP contribution >= 0.6 is 0 Å². The second-order valence-corrected chi connectivity index (χ2v) is 6.27. The van der Waals surface area contributed by atoms with Gasteiger partial charge < -0.3 is 4.52 Å². The summed E-state index contributed by atoms with van der Waals surface area (Å²) in [4.78, 5) is 2.55. The molecule has 1 aliphatic rings. The van der Waals surface area contributed by atoms with Crippen molar-refractivity contribution in [1.82, 2.24) is 19.8 Å². The Morgan fingerprint density at radius 3 is 2.82 bits per heavy atom. The van der Waals surface area contributed by atoms with Gasteiger partial charge in [0.05, 0.1) is 12.2 Å². The standard InChI is InChI=1S/C17H26N4O/c1-4-21-14(3)15(11-18-21)12-20-9-7-5-6-8-17(20)16-10-13(2)22-19-16/h10-11,17H,4-9,12H2,1-3H3/t17-/m1/s1. The Labute approximate surface area is 132 Å². The number of aryl methyl sites for hydroxylation is 2. The Hall–Kier alpha value is -1.62. The molecule has 0 N–H and O–H groups in total. The van der Waals surface area contributed by atoms with Gasteiger partial charge in [-0.1, -0.05) is 18.0 Å². The molecule has 0 aromatic carbocycles. The largest absolute Gasteiger partial charge is 0.361 e. The molecule has 1 aliphatic heterocycles. The van der Waals surface area contributed by atoms with E-state index in [2.05, 4.69) is 39.8 Å². The first kappa shape index (κ1) is 15.3. The number of hydrogen-bond acceptors (Lipinski definition) is 4. The van der Waals surface area contributed by atoms with Crippen molar-refractivity contribution >= 4 is 0 Å². The summed E-state index contributed by atoms with van der Waals surface area (Å²) >= 11 is 0. The van der Waals surface area contributed by atoms with Crippen LogP contribution in [0.4, 0.5) is 0 Å². The maximum Gasteiger partial charge on any atom is 0.133 e. The van der Waals surface area contributed by atoms with Gasteiger partial charge in [-0.05, 0) is 40.2 Å². The highest BCUT2D eigenvalue weighted by Crippen LogP contribution is 2.31. The third kappa shape index (κ3) is 3.09. The highest BCUT2D eigenvalue weighted by molar-refractivity contribution is 5.17. The molecule has 3 rings (SSSR count). The molecule has 1 fully saturated rings. The van der Waals surface area contributed by atoms with Crippen molar-refractivity contribution in [3.63, 3.8) is 0 Å². The first-order valence-corrected chi connectivity index (χ1v) is 8.37. The topological polar surface area (TPSA) is 47.1 Å². The van der Waals surface area contributed by atoms with Crippen molar-refractivity contribution in [2.24, 2.45) is 0 Å². The first-order valence-electron chi connectivity index (χ1n) is 8.37. The average molecular weight is 302 g/mol. The zero-order chi connectivity index (χ0) is 15.5. The minimum Gasteiger partial charge on any atom is -0.361 e. The lowest BCUT2D eigenvalue weighted by Gasteiger charge is -2.28. The average Bonchev–Trinajstić information content (AvgIpc) is 3.00. The van der Waals surface area contributed by atoms with Crippen molar-refractivity contribution in [2.45, 2.75) is 65.6 Å². The summed E-state index contributed by atoms with van der Waals surface area (Å²) < 4.78 is 7.38. The third-order valence-corrected chi connectivity index (χ3v) is 4.73. The van der Waals surface area contributed by atoms with Gasteiger partial charge in [-0.2, -0.15) is 5.10 Å². The zero-order valence-electron chi connectivity index (χ0n) is 13.9. The van der Waals surface area contributed by atoms with Crippen molar-refractivity contribution in [1.29, 1.82) is 0 Å². The van der Waals surface area contributed by atoms with E-state index in [-0.39, 0.29) is 0 Å². The van der Waals surface area contributed by atoms with Gasteiger partial charge in [-0.3, -0.25) is 9.58 Å². The smallest absolute Gasteiger partial charge is 0.133 e. The van der Waals surface area contributed by atoms with E-state index in [9.17, 15) is 0 Å². The summed E-state index contributed by atoms with van der Waals surface area (Å²) in [5, 5.41) is 8.76. The molecule has 0 saturated carbocycles. The van der Waals surface area contributed by atoms with Crippen molar-refractivity contribution in [2.75, 3.05) is 6.54 Å². The first-order chi connectivity index (χ1) is 10.7. The molecule has 5 heteroatoms. The molecule has 3 heterocycles. The second-order valence-electron chi connectivity index (χ2n) is 6.27. The van der Waals surface area contributed by atoms with Gasteiger partial charge in [0.2, 0.25) is 0 Å². The highest BCUT2D eigenvalue weighted by Gasteiger charge is 2.26. The van der Waals surface area contributed by atoms with Gasteiger partial charge in [0.15, 0.2) is 0 Å². The van der Waals surface area contributed by atoms with Crippen molar-refractivity contribution in [3.8, 4) is 0 Å². The van der Waals surface area contributed by atoms with Crippen LogP contribution in [0, 0.1) is 13.8 Å². The summed E-state index contributed by atoms with van der Waals surface area (Å²) in [6.45, 7) is 9.26. The molecule has 0 bridgehead atoms. The zero-order valence-corrected chi connectivity index (χ0v) is 13.9. The summed E-state index contributed by atoms with van der Waals surface area (Å²) in [6, 6.07) is 2.45. The van der Waals surface area contributed by atoms with Gasteiger partial charge in [-0.25, -0.2) is 0 Å².